The van der Waals surface area contributed by atoms with Gasteiger partial charge in [0.05, 0.1) is 12.3 Å². The maximum atomic E-state index is 12.5. The third-order valence-corrected chi connectivity index (χ3v) is 6.49. The molecule has 0 aromatic heterocycles. The number of unbranched alkanes of at least 4 members (excludes halogenated alkanes) is 1. The lowest BCUT2D eigenvalue weighted by atomic mass is 10.0. The lowest BCUT2D eigenvalue weighted by Gasteiger charge is -2.33. The van der Waals surface area contributed by atoms with Gasteiger partial charge < -0.3 is 0 Å². The van der Waals surface area contributed by atoms with Crippen molar-refractivity contribution in [3.05, 3.63) is 34.9 Å². The highest BCUT2D eigenvalue weighted by Gasteiger charge is 2.27. The van der Waals surface area contributed by atoms with E-state index < -0.39 is 10.0 Å². The second-order valence-corrected chi connectivity index (χ2v) is 8.67. The van der Waals surface area contributed by atoms with Crippen molar-refractivity contribution < 1.29 is 13.2 Å². The van der Waals surface area contributed by atoms with Crippen LogP contribution in [0.5, 0.6) is 0 Å². The first kappa shape index (κ1) is 19.1. The molecule has 5 nitrogen and oxygen atoms in total. The molecule has 1 heterocycles. The Balaban J connectivity index is 1.90. The fourth-order valence-corrected chi connectivity index (χ4v) is 4.67. The summed E-state index contributed by atoms with van der Waals surface area (Å²) in [6.45, 7) is 8.50. The molecule has 1 fully saturated rings. The van der Waals surface area contributed by atoms with Crippen molar-refractivity contribution >= 4 is 15.8 Å². The number of carbonyl (C=O) groups is 1. The van der Waals surface area contributed by atoms with Gasteiger partial charge in [0.15, 0.2) is 5.78 Å². The topological polar surface area (TPSA) is 57.7 Å². The molecule has 0 saturated carbocycles. The highest BCUT2D eigenvalue weighted by Crippen LogP contribution is 2.14. The van der Waals surface area contributed by atoms with Gasteiger partial charge in [-0.3, -0.25) is 9.69 Å². The van der Waals surface area contributed by atoms with Crippen LogP contribution in [0.2, 0.25) is 0 Å². The zero-order chi connectivity index (χ0) is 17.7. The van der Waals surface area contributed by atoms with Crippen molar-refractivity contribution in [2.24, 2.45) is 0 Å². The summed E-state index contributed by atoms with van der Waals surface area (Å²) in [6.07, 6.45) is 1.58. The number of rotatable bonds is 7. The third kappa shape index (κ3) is 4.88. The van der Waals surface area contributed by atoms with Crippen molar-refractivity contribution in [1.29, 1.82) is 0 Å². The van der Waals surface area contributed by atoms with Gasteiger partial charge in [0.2, 0.25) is 10.0 Å². The number of aryl methyl sites for hydroxylation is 2. The number of benzene rings is 1. The molecule has 0 aliphatic carbocycles. The standard InChI is InChI=1S/C18H28N2O3S/c1-4-5-12-24(22,23)20-10-8-19(9-11-20)14-18(21)17-7-6-15(2)13-16(17)3/h6-7,13H,4-5,8-12,14H2,1-3H3. The van der Waals surface area contributed by atoms with Crippen molar-refractivity contribution in [1.82, 2.24) is 9.21 Å². The summed E-state index contributed by atoms with van der Waals surface area (Å²) < 4.78 is 26.0. The molecule has 1 aliphatic rings. The lowest BCUT2D eigenvalue weighted by Crippen LogP contribution is -2.50. The number of hydrogen-bond donors (Lipinski definition) is 0. The number of ketones is 1. The van der Waals surface area contributed by atoms with Crippen LogP contribution in [0.3, 0.4) is 0 Å². The minimum Gasteiger partial charge on any atom is -0.293 e. The van der Waals surface area contributed by atoms with Gasteiger partial charge in [-0.2, -0.15) is 4.31 Å². The van der Waals surface area contributed by atoms with Gasteiger partial charge in [0, 0.05) is 31.7 Å². The first-order valence-electron chi connectivity index (χ1n) is 8.64. The van der Waals surface area contributed by atoms with Gasteiger partial charge in [0.25, 0.3) is 0 Å². The molecular weight excluding hydrogens is 324 g/mol. The van der Waals surface area contributed by atoms with E-state index in [4.69, 9.17) is 0 Å². The van der Waals surface area contributed by atoms with E-state index >= 15 is 0 Å². The van der Waals surface area contributed by atoms with Crippen molar-refractivity contribution in [3.63, 3.8) is 0 Å². The smallest absolute Gasteiger partial charge is 0.214 e. The van der Waals surface area contributed by atoms with Crippen molar-refractivity contribution in [2.45, 2.75) is 33.6 Å². The highest BCUT2D eigenvalue weighted by atomic mass is 32.2. The third-order valence-electron chi connectivity index (χ3n) is 4.53. The Morgan fingerprint density at radius 1 is 1.12 bits per heavy atom. The SMILES string of the molecule is CCCCS(=O)(=O)N1CCN(CC(=O)c2ccc(C)cc2C)CC1. The zero-order valence-electron chi connectivity index (χ0n) is 14.9. The maximum absolute atomic E-state index is 12.5. The monoisotopic (exact) mass is 352 g/mol. The van der Waals surface area contributed by atoms with Crippen molar-refractivity contribution in [3.8, 4) is 0 Å². The molecule has 1 aromatic carbocycles. The fourth-order valence-electron chi connectivity index (χ4n) is 3.04. The Hall–Kier alpha value is -1.24. The van der Waals surface area contributed by atoms with Gasteiger partial charge in [-0.05, 0) is 25.8 Å². The number of hydrogen-bond acceptors (Lipinski definition) is 4. The summed E-state index contributed by atoms with van der Waals surface area (Å²) in [5.74, 6) is 0.333. The number of nitrogens with zero attached hydrogens (tertiary/aromatic N) is 2. The first-order valence-corrected chi connectivity index (χ1v) is 10.2. The Labute approximate surface area is 145 Å². The second kappa shape index (κ2) is 8.23. The molecule has 24 heavy (non-hydrogen) atoms. The zero-order valence-corrected chi connectivity index (χ0v) is 15.7. The summed E-state index contributed by atoms with van der Waals surface area (Å²) >= 11 is 0. The molecule has 0 atom stereocenters. The fraction of sp³-hybridized carbons (Fsp3) is 0.611. The van der Waals surface area contributed by atoms with Crippen LogP contribution in [0.4, 0.5) is 0 Å². The number of sulfonamides is 1. The average molecular weight is 353 g/mol. The van der Waals surface area contributed by atoms with Gasteiger partial charge >= 0.3 is 0 Å². The minimum atomic E-state index is -3.14. The van der Waals surface area contributed by atoms with Crippen LogP contribution in [0.1, 0.15) is 41.3 Å². The van der Waals surface area contributed by atoms with Gasteiger partial charge in [-0.15, -0.1) is 0 Å². The molecule has 0 N–H and O–H groups in total. The Kier molecular flexibility index (Phi) is 6.54. The van der Waals surface area contributed by atoms with Crippen LogP contribution in [0, 0.1) is 13.8 Å². The molecule has 1 saturated heterocycles. The second-order valence-electron chi connectivity index (χ2n) is 6.59. The van der Waals surface area contributed by atoms with Crippen LogP contribution in [0.15, 0.2) is 18.2 Å². The van der Waals surface area contributed by atoms with E-state index in [1.807, 2.05) is 43.9 Å². The first-order chi connectivity index (χ1) is 11.3. The van der Waals surface area contributed by atoms with Crippen LogP contribution in [0.25, 0.3) is 0 Å². The molecule has 134 valence electrons. The van der Waals surface area contributed by atoms with E-state index in [1.54, 1.807) is 4.31 Å². The highest BCUT2D eigenvalue weighted by molar-refractivity contribution is 7.89. The lowest BCUT2D eigenvalue weighted by molar-refractivity contribution is 0.0901. The van der Waals surface area contributed by atoms with Crippen LogP contribution >= 0.6 is 0 Å². The van der Waals surface area contributed by atoms with E-state index in [0.29, 0.717) is 39.1 Å². The van der Waals surface area contributed by atoms with Crippen LogP contribution in [-0.2, 0) is 10.0 Å². The number of piperazine rings is 1. The van der Waals surface area contributed by atoms with E-state index in [0.717, 1.165) is 23.1 Å². The molecule has 6 heteroatoms. The molecule has 0 radical (unpaired) electrons. The molecule has 1 aromatic rings. The maximum Gasteiger partial charge on any atom is 0.214 e. The molecule has 2 rings (SSSR count). The van der Waals surface area contributed by atoms with Gasteiger partial charge in [-0.25, -0.2) is 8.42 Å². The summed E-state index contributed by atoms with van der Waals surface area (Å²) in [6, 6.07) is 5.86. The quantitative estimate of drug-likeness (QED) is 0.706. The van der Waals surface area contributed by atoms with E-state index in [1.165, 1.54) is 0 Å². The van der Waals surface area contributed by atoms with E-state index in [9.17, 15) is 13.2 Å². The minimum absolute atomic E-state index is 0.106. The van der Waals surface area contributed by atoms with Crippen molar-refractivity contribution in [2.75, 3.05) is 38.5 Å². The molecule has 0 bridgehead atoms. The predicted molar refractivity (Wildman–Crippen MR) is 97.0 cm³/mol. The van der Waals surface area contributed by atoms with Gasteiger partial charge in [0.1, 0.15) is 0 Å². The Morgan fingerprint density at radius 2 is 1.79 bits per heavy atom. The van der Waals surface area contributed by atoms with E-state index in [-0.39, 0.29) is 11.5 Å². The molecule has 0 unspecified atom stereocenters. The number of carbonyl (C=O) groups excluding carboxylic acids is 1. The van der Waals surface area contributed by atoms with Crippen LogP contribution in [-0.4, -0.2) is 61.9 Å². The number of Topliss-reactive ketones (excluding diaryl/α,β-unsaturated/α-hetero) is 1. The van der Waals surface area contributed by atoms with Crippen LogP contribution < -0.4 is 0 Å². The van der Waals surface area contributed by atoms with Gasteiger partial charge in [-0.1, -0.05) is 37.1 Å². The van der Waals surface area contributed by atoms with E-state index in [2.05, 4.69) is 0 Å². The predicted octanol–water partition coefficient (Wildman–Crippen LogP) is 2.23. The summed E-state index contributed by atoms with van der Waals surface area (Å²) in [4.78, 5) is 14.5. The largest absolute Gasteiger partial charge is 0.293 e. The Morgan fingerprint density at radius 3 is 2.38 bits per heavy atom. The summed E-state index contributed by atoms with van der Waals surface area (Å²) in [5.41, 5.74) is 2.91. The normalized spacial score (nSPS) is 17.1. The summed E-state index contributed by atoms with van der Waals surface area (Å²) in [7, 11) is -3.14. The molecule has 0 amide bonds. The summed E-state index contributed by atoms with van der Waals surface area (Å²) in [5, 5.41) is 0. The average Bonchev–Trinajstić information content (AvgIpc) is 2.53. The Bertz CT molecular complexity index is 678. The molecule has 0 spiro atoms. The molecular formula is C18H28N2O3S. The molecule has 1 aliphatic heterocycles.